The van der Waals surface area contributed by atoms with E-state index in [0.717, 1.165) is 11.1 Å². The average molecular weight is 342 g/mol. The standard InChI is InChI=1S/C19H22N2O4/c1-25-17-7-6-14(10-20-17)18(15-8-16(23)9-15)21-19(24)13-4-2-12(11-22)3-5-13/h2-7,10,15-16,18,22-23H,8-9,11H2,1H3,(H,21,24). The molecule has 3 N–H and O–H groups in total. The first-order chi connectivity index (χ1) is 12.1. The molecule has 1 saturated carbocycles. The molecule has 1 amide bonds. The number of hydrogen-bond acceptors (Lipinski definition) is 5. The van der Waals surface area contributed by atoms with E-state index in [-0.39, 0.29) is 30.6 Å². The molecule has 1 aromatic heterocycles. The number of nitrogens with zero attached hydrogens (tertiary/aromatic N) is 1. The number of ether oxygens (including phenoxy) is 1. The number of aromatic nitrogens is 1. The lowest BCUT2D eigenvalue weighted by Crippen LogP contribution is -2.41. The molecule has 1 aliphatic rings. The Kier molecular flexibility index (Phi) is 5.31. The van der Waals surface area contributed by atoms with Gasteiger partial charge in [0.05, 0.1) is 25.9 Å². The van der Waals surface area contributed by atoms with Crippen LogP contribution in [0.1, 0.15) is 40.4 Å². The molecule has 0 bridgehead atoms. The van der Waals surface area contributed by atoms with Crippen molar-refractivity contribution in [1.82, 2.24) is 10.3 Å². The van der Waals surface area contributed by atoms with Crippen molar-refractivity contribution in [2.45, 2.75) is 31.6 Å². The van der Waals surface area contributed by atoms with Crippen LogP contribution in [0.25, 0.3) is 0 Å². The van der Waals surface area contributed by atoms with Crippen LogP contribution >= 0.6 is 0 Å². The summed E-state index contributed by atoms with van der Waals surface area (Å²) in [5.74, 6) is 0.500. The zero-order valence-electron chi connectivity index (χ0n) is 14.1. The summed E-state index contributed by atoms with van der Waals surface area (Å²) < 4.78 is 5.08. The van der Waals surface area contributed by atoms with Crippen LogP contribution in [0, 0.1) is 5.92 Å². The highest BCUT2D eigenvalue weighted by molar-refractivity contribution is 5.94. The number of hydrogen-bond donors (Lipinski definition) is 3. The highest BCUT2D eigenvalue weighted by Crippen LogP contribution is 2.38. The predicted octanol–water partition coefficient (Wildman–Crippen LogP) is 1.82. The van der Waals surface area contributed by atoms with Crippen LogP contribution in [-0.2, 0) is 6.61 Å². The molecular formula is C19H22N2O4. The van der Waals surface area contributed by atoms with Gasteiger partial charge in [-0.15, -0.1) is 0 Å². The number of aliphatic hydroxyl groups is 2. The molecule has 1 atom stereocenters. The Morgan fingerprint density at radius 3 is 2.52 bits per heavy atom. The Labute approximate surface area is 146 Å². The summed E-state index contributed by atoms with van der Waals surface area (Å²) in [4.78, 5) is 16.8. The zero-order chi connectivity index (χ0) is 17.8. The number of carbonyl (C=O) groups is 1. The first-order valence-corrected chi connectivity index (χ1v) is 8.29. The lowest BCUT2D eigenvalue weighted by Gasteiger charge is -2.38. The van der Waals surface area contributed by atoms with Gasteiger partial charge < -0.3 is 20.3 Å². The Bertz CT molecular complexity index is 709. The monoisotopic (exact) mass is 342 g/mol. The van der Waals surface area contributed by atoms with Gasteiger partial charge in [0, 0.05) is 17.8 Å². The maximum absolute atomic E-state index is 12.6. The molecule has 1 fully saturated rings. The topological polar surface area (TPSA) is 91.7 Å². The van der Waals surface area contributed by atoms with Crippen molar-refractivity contribution in [3.05, 3.63) is 59.3 Å². The maximum atomic E-state index is 12.6. The molecule has 1 heterocycles. The second-order valence-electron chi connectivity index (χ2n) is 6.33. The normalized spacial score (nSPS) is 20.4. The van der Waals surface area contributed by atoms with E-state index in [1.807, 2.05) is 6.07 Å². The highest BCUT2D eigenvalue weighted by Gasteiger charge is 2.36. The highest BCUT2D eigenvalue weighted by atomic mass is 16.5. The van der Waals surface area contributed by atoms with Crippen LogP contribution in [0.2, 0.25) is 0 Å². The van der Waals surface area contributed by atoms with E-state index in [2.05, 4.69) is 10.3 Å². The minimum atomic E-state index is -0.306. The number of nitrogens with one attached hydrogen (secondary N) is 1. The van der Waals surface area contributed by atoms with Crippen LogP contribution in [-0.4, -0.2) is 34.3 Å². The summed E-state index contributed by atoms with van der Waals surface area (Å²) >= 11 is 0. The van der Waals surface area contributed by atoms with Gasteiger partial charge in [0.1, 0.15) is 0 Å². The van der Waals surface area contributed by atoms with Crippen LogP contribution < -0.4 is 10.1 Å². The molecular weight excluding hydrogens is 320 g/mol. The van der Waals surface area contributed by atoms with E-state index in [9.17, 15) is 9.90 Å². The molecule has 132 valence electrons. The van der Waals surface area contributed by atoms with E-state index < -0.39 is 0 Å². The number of amides is 1. The number of methoxy groups -OCH3 is 1. The van der Waals surface area contributed by atoms with Gasteiger partial charge in [-0.25, -0.2) is 4.98 Å². The van der Waals surface area contributed by atoms with Crippen molar-refractivity contribution in [1.29, 1.82) is 0 Å². The predicted molar refractivity (Wildman–Crippen MR) is 92.1 cm³/mol. The quantitative estimate of drug-likeness (QED) is 0.745. The van der Waals surface area contributed by atoms with Crippen molar-refractivity contribution in [2.75, 3.05) is 7.11 Å². The summed E-state index contributed by atoms with van der Waals surface area (Å²) in [7, 11) is 1.56. The molecule has 1 aliphatic carbocycles. The van der Waals surface area contributed by atoms with E-state index in [1.165, 1.54) is 0 Å². The van der Waals surface area contributed by atoms with E-state index >= 15 is 0 Å². The van der Waals surface area contributed by atoms with Gasteiger partial charge >= 0.3 is 0 Å². The van der Waals surface area contributed by atoms with Gasteiger partial charge in [0.25, 0.3) is 5.91 Å². The fourth-order valence-electron chi connectivity index (χ4n) is 3.06. The molecule has 0 spiro atoms. The van der Waals surface area contributed by atoms with Crippen molar-refractivity contribution in [3.63, 3.8) is 0 Å². The lowest BCUT2D eigenvalue weighted by molar-refractivity contribution is 0.0234. The van der Waals surface area contributed by atoms with Gasteiger partial charge in [-0.3, -0.25) is 4.79 Å². The minimum absolute atomic E-state index is 0.0536. The third kappa shape index (κ3) is 3.97. The first-order valence-electron chi connectivity index (χ1n) is 8.29. The van der Waals surface area contributed by atoms with Crippen molar-refractivity contribution < 1.29 is 19.7 Å². The second kappa shape index (κ2) is 7.63. The van der Waals surface area contributed by atoms with Gasteiger partial charge in [0.15, 0.2) is 0 Å². The third-order valence-corrected chi connectivity index (χ3v) is 4.63. The molecule has 0 radical (unpaired) electrons. The number of rotatable bonds is 6. The third-order valence-electron chi connectivity index (χ3n) is 4.63. The fourth-order valence-corrected chi connectivity index (χ4v) is 3.06. The summed E-state index contributed by atoms with van der Waals surface area (Å²) in [6.07, 6.45) is 2.70. The van der Waals surface area contributed by atoms with Crippen LogP contribution in [0.3, 0.4) is 0 Å². The summed E-state index contributed by atoms with van der Waals surface area (Å²) in [6.45, 7) is -0.0536. The SMILES string of the molecule is COc1ccc(C(NC(=O)c2ccc(CO)cc2)C2CC(O)C2)cn1. The molecule has 6 nitrogen and oxygen atoms in total. The molecule has 0 saturated heterocycles. The van der Waals surface area contributed by atoms with Crippen LogP contribution in [0.15, 0.2) is 42.6 Å². The van der Waals surface area contributed by atoms with Crippen molar-refractivity contribution in [3.8, 4) is 5.88 Å². The fraction of sp³-hybridized carbons (Fsp3) is 0.368. The van der Waals surface area contributed by atoms with Crippen molar-refractivity contribution in [2.24, 2.45) is 5.92 Å². The number of carbonyl (C=O) groups excluding carboxylic acids is 1. The molecule has 3 rings (SSSR count). The molecule has 25 heavy (non-hydrogen) atoms. The molecule has 2 aromatic rings. The first kappa shape index (κ1) is 17.4. The van der Waals surface area contributed by atoms with Gasteiger partial charge in [-0.1, -0.05) is 18.2 Å². The summed E-state index contributed by atoms with van der Waals surface area (Å²) in [5, 5.41) is 21.8. The molecule has 0 aliphatic heterocycles. The minimum Gasteiger partial charge on any atom is -0.481 e. The lowest BCUT2D eigenvalue weighted by atomic mass is 9.75. The largest absolute Gasteiger partial charge is 0.481 e. The van der Waals surface area contributed by atoms with Gasteiger partial charge in [-0.05, 0) is 42.0 Å². The Morgan fingerprint density at radius 1 is 1.28 bits per heavy atom. The Balaban J connectivity index is 1.77. The number of aliphatic hydroxyl groups excluding tert-OH is 2. The summed E-state index contributed by atoms with van der Waals surface area (Å²) in [6, 6.07) is 10.3. The number of benzene rings is 1. The Morgan fingerprint density at radius 2 is 2.00 bits per heavy atom. The van der Waals surface area contributed by atoms with E-state index in [0.29, 0.717) is 24.3 Å². The van der Waals surface area contributed by atoms with Crippen LogP contribution in [0.5, 0.6) is 5.88 Å². The average Bonchev–Trinajstić information content (AvgIpc) is 2.64. The zero-order valence-corrected chi connectivity index (χ0v) is 14.1. The van der Waals surface area contributed by atoms with Gasteiger partial charge in [0.2, 0.25) is 5.88 Å². The molecule has 1 unspecified atom stereocenters. The van der Waals surface area contributed by atoms with Crippen LogP contribution in [0.4, 0.5) is 0 Å². The van der Waals surface area contributed by atoms with E-state index in [1.54, 1.807) is 43.6 Å². The molecule has 6 heteroatoms. The smallest absolute Gasteiger partial charge is 0.251 e. The maximum Gasteiger partial charge on any atom is 0.251 e. The Hall–Kier alpha value is -2.44. The summed E-state index contributed by atoms with van der Waals surface area (Å²) in [5.41, 5.74) is 2.18. The number of pyridine rings is 1. The van der Waals surface area contributed by atoms with Crippen molar-refractivity contribution >= 4 is 5.91 Å². The molecule has 1 aromatic carbocycles. The van der Waals surface area contributed by atoms with E-state index in [4.69, 9.17) is 9.84 Å². The second-order valence-corrected chi connectivity index (χ2v) is 6.33. The van der Waals surface area contributed by atoms with Gasteiger partial charge in [-0.2, -0.15) is 0 Å².